The maximum absolute atomic E-state index is 15.4. The van der Waals surface area contributed by atoms with Crippen LogP contribution < -0.4 is 34.0 Å². The summed E-state index contributed by atoms with van der Waals surface area (Å²) in [5.74, 6) is 1.45. The molecule has 1 aromatic heterocycles. The van der Waals surface area contributed by atoms with E-state index in [1.54, 1.807) is 27.7 Å². The number of nitrogens with zero attached hydrogens (tertiary/aromatic N) is 4. The third-order valence-electron chi connectivity index (χ3n) is 10.7. The molecule has 3 aliphatic heterocycles. The van der Waals surface area contributed by atoms with Gasteiger partial charge in [0.05, 0.1) is 23.3 Å². The van der Waals surface area contributed by atoms with Crippen LogP contribution in [0.25, 0.3) is 10.8 Å². The zero-order valence-corrected chi connectivity index (χ0v) is 36.6. The Kier molecular flexibility index (Phi) is 14.1. The number of likely N-dealkylation sites (N-methyl/N-ethyl adjacent to an activating group) is 1. The minimum atomic E-state index is -4.29. The highest BCUT2D eigenvalue weighted by molar-refractivity contribution is 7.52. The molecular weight excluding hydrogens is 813 g/mol. The molecule has 330 valence electrons. The topological polar surface area (TPSA) is 163 Å². The van der Waals surface area contributed by atoms with Gasteiger partial charge in [-0.15, -0.1) is 6.42 Å². The zero-order chi connectivity index (χ0) is 44.2. The summed E-state index contributed by atoms with van der Waals surface area (Å²) in [5, 5.41) is 6.40. The van der Waals surface area contributed by atoms with E-state index in [0.29, 0.717) is 35.2 Å². The van der Waals surface area contributed by atoms with Crippen LogP contribution in [0.2, 0.25) is 0 Å². The highest BCUT2D eigenvalue weighted by Crippen LogP contribution is 2.49. The molecule has 0 radical (unpaired) electrons. The lowest BCUT2D eigenvalue weighted by Crippen LogP contribution is -2.44. The third-order valence-corrected chi connectivity index (χ3v) is 12.5. The van der Waals surface area contributed by atoms with Crippen molar-refractivity contribution >= 4 is 36.2 Å². The Labute approximate surface area is 355 Å². The molecule has 15 nitrogen and oxygen atoms in total. The van der Waals surface area contributed by atoms with Crippen molar-refractivity contribution in [3.63, 3.8) is 0 Å². The average Bonchev–Trinajstić information content (AvgIpc) is 3.30. The predicted molar refractivity (Wildman–Crippen MR) is 225 cm³/mol. The molecule has 2 fully saturated rings. The van der Waals surface area contributed by atoms with Crippen molar-refractivity contribution in [3.8, 4) is 35.7 Å². The molecular formula is C43H55F2N6O9P. The number of nitrogens with one attached hydrogen (secondary N) is 2. The van der Waals surface area contributed by atoms with Gasteiger partial charge in [-0.1, -0.05) is 18.6 Å². The largest absolute Gasteiger partial charge is 0.481 e. The zero-order valence-electron chi connectivity index (χ0n) is 35.7. The van der Waals surface area contributed by atoms with Gasteiger partial charge in [-0.25, -0.2) is 13.3 Å². The van der Waals surface area contributed by atoms with E-state index in [2.05, 4.69) is 27.9 Å². The number of likely N-dealkylation sites (tertiary alicyclic amines) is 1. The summed E-state index contributed by atoms with van der Waals surface area (Å²) in [7, 11) is -2.46. The van der Waals surface area contributed by atoms with Gasteiger partial charge in [0.25, 0.3) is 5.88 Å². The lowest BCUT2D eigenvalue weighted by atomic mass is 9.95. The molecule has 61 heavy (non-hydrogen) atoms. The first kappa shape index (κ1) is 45.5. The van der Waals surface area contributed by atoms with Crippen molar-refractivity contribution in [2.45, 2.75) is 109 Å². The van der Waals surface area contributed by atoms with E-state index in [-0.39, 0.29) is 67.1 Å². The summed E-state index contributed by atoms with van der Waals surface area (Å²) in [6, 6.07) is 4.38. The minimum Gasteiger partial charge on any atom is -0.481 e. The molecule has 1 amide bonds. The first-order chi connectivity index (χ1) is 28.9. The number of amides is 1. The maximum atomic E-state index is 15.4. The van der Waals surface area contributed by atoms with Gasteiger partial charge in [0.1, 0.15) is 37.0 Å². The summed E-state index contributed by atoms with van der Waals surface area (Å²) in [6.45, 7) is 14.8. The van der Waals surface area contributed by atoms with Crippen LogP contribution in [0.1, 0.15) is 84.5 Å². The fourth-order valence-electron chi connectivity index (χ4n) is 7.69. The predicted octanol–water partition coefficient (Wildman–Crippen LogP) is 6.58. The highest BCUT2D eigenvalue weighted by atomic mass is 31.2. The van der Waals surface area contributed by atoms with Crippen LogP contribution in [0.15, 0.2) is 36.9 Å². The number of fused-ring (bicyclic) bond motifs is 2. The third kappa shape index (κ3) is 10.7. The number of alkyl halides is 1. The van der Waals surface area contributed by atoms with Crippen molar-refractivity contribution in [2.24, 2.45) is 0 Å². The van der Waals surface area contributed by atoms with Crippen LogP contribution in [-0.2, 0) is 23.4 Å². The molecule has 2 N–H and O–H groups in total. The molecule has 2 aromatic carbocycles. The smallest absolute Gasteiger partial charge is 0.459 e. The first-order valence-electron chi connectivity index (χ1n) is 20.5. The fourth-order valence-corrected chi connectivity index (χ4v) is 9.37. The summed E-state index contributed by atoms with van der Waals surface area (Å²) >= 11 is 0. The van der Waals surface area contributed by atoms with Crippen LogP contribution in [0.3, 0.4) is 0 Å². The van der Waals surface area contributed by atoms with Gasteiger partial charge in [-0.05, 0) is 97.5 Å². The van der Waals surface area contributed by atoms with E-state index in [1.807, 2.05) is 23.8 Å². The van der Waals surface area contributed by atoms with E-state index in [9.17, 15) is 18.5 Å². The van der Waals surface area contributed by atoms with Crippen molar-refractivity contribution in [1.29, 1.82) is 0 Å². The van der Waals surface area contributed by atoms with Gasteiger partial charge >= 0.3 is 19.7 Å². The van der Waals surface area contributed by atoms with Crippen molar-refractivity contribution in [2.75, 3.05) is 44.8 Å². The number of ether oxygens (including phenoxy) is 4. The molecule has 0 saturated carbocycles. The van der Waals surface area contributed by atoms with Gasteiger partial charge in [-0.3, -0.25) is 19.0 Å². The summed E-state index contributed by atoms with van der Waals surface area (Å²) in [4.78, 5) is 38.4. The average molecular weight is 869 g/mol. The van der Waals surface area contributed by atoms with Gasteiger partial charge in [0, 0.05) is 43.0 Å². The number of rotatable bonds is 15. The molecule has 3 aromatic rings. The van der Waals surface area contributed by atoms with Crippen molar-refractivity contribution in [3.05, 3.63) is 53.9 Å². The lowest BCUT2D eigenvalue weighted by Gasteiger charge is -2.33. The quantitative estimate of drug-likeness (QED) is 0.0730. The summed E-state index contributed by atoms with van der Waals surface area (Å²) in [6.07, 6.45) is 6.69. The number of aromatic nitrogens is 2. The molecule has 3 aliphatic rings. The number of halogens is 2. The number of benzene rings is 2. The van der Waals surface area contributed by atoms with Crippen LogP contribution in [-0.4, -0.2) is 103 Å². The lowest BCUT2D eigenvalue weighted by molar-refractivity contribution is -0.149. The molecule has 2 saturated heterocycles. The maximum Gasteiger partial charge on any atom is 0.459 e. The Morgan fingerprint density at radius 3 is 2.61 bits per heavy atom. The fraction of sp³-hybridized carbons (Fsp3) is 0.535. The monoisotopic (exact) mass is 868 g/mol. The summed E-state index contributed by atoms with van der Waals surface area (Å²) < 4.78 is 80.8. The molecule has 0 spiro atoms. The normalized spacial score (nSPS) is 23.2. The van der Waals surface area contributed by atoms with Gasteiger partial charge in [0.15, 0.2) is 11.9 Å². The van der Waals surface area contributed by atoms with E-state index in [0.717, 1.165) is 19.3 Å². The standard InChI is InChI=1S/C43H55F2N6O9P/c1-10-32-34(45)16-15-28-18-31(60-61(54,59-26(5)6)49-27(7)41(53)57-25(3)4)19-33(37(28)32)35-23-55-38-39(51-17-13-12-14-30(22-51)46-36(52)11-2)47-42(48-40(38)58-35)56-24-43(8)20-29(44)21-50(43)9/h1,11,15-16,18-19,25-27,29-30,35H,2,12-14,17,20-24H2,3-9H3,(H,46,52)(H,49,54)/t27-,29+,30?,35?,43-,61?/m0/s1. The van der Waals surface area contributed by atoms with Gasteiger partial charge in [0.2, 0.25) is 11.7 Å². The van der Waals surface area contributed by atoms with Crippen molar-refractivity contribution < 1.29 is 50.9 Å². The molecule has 4 heterocycles. The number of carbonyl (C=O) groups excluding carboxylic acids is 2. The second-order valence-corrected chi connectivity index (χ2v) is 18.1. The Hall–Kier alpha value is -5.01. The number of esters is 1. The second kappa shape index (κ2) is 18.9. The van der Waals surface area contributed by atoms with E-state index < -0.39 is 55.6 Å². The van der Waals surface area contributed by atoms with Crippen LogP contribution >= 0.6 is 7.75 Å². The Morgan fingerprint density at radius 1 is 1.16 bits per heavy atom. The van der Waals surface area contributed by atoms with E-state index in [4.69, 9.17) is 39.4 Å². The minimum absolute atomic E-state index is 0.00609. The molecule has 18 heteroatoms. The molecule has 6 rings (SSSR count). The van der Waals surface area contributed by atoms with E-state index >= 15 is 4.39 Å². The number of carbonyl (C=O) groups is 2. The Balaban J connectivity index is 1.41. The number of hydrogen-bond acceptors (Lipinski definition) is 13. The van der Waals surface area contributed by atoms with Crippen molar-refractivity contribution in [1.82, 2.24) is 25.3 Å². The summed E-state index contributed by atoms with van der Waals surface area (Å²) in [5.41, 5.74) is -0.383. The SMILES string of the molecule is C#Cc1c(F)ccc2cc(OP(=O)(N[C@@H](C)C(=O)OC(C)C)OC(C)C)cc(C3COc4c(nc(OC[C@]5(C)C[C@@H](F)CN5C)nc4N4CCCCC(NC(=O)C=C)C4)O3)c12. The first-order valence-corrected chi connectivity index (χ1v) is 22.0. The van der Waals surface area contributed by atoms with Crippen LogP contribution in [0.4, 0.5) is 14.6 Å². The van der Waals surface area contributed by atoms with E-state index in [1.165, 1.54) is 37.3 Å². The Bertz CT molecular complexity index is 2220. The number of hydrogen-bond donors (Lipinski definition) is 2. The van der Waals surface area contributed by atoms with Gasteiger partial charge < -0.3 is 33.7 Å². The molecule has 0 aliphatic carbocycles. The van der Waals surface area contributed by atoms with Gasteiger partial charge in [-0.2, -0.15) is 15.1 Å². The van der Waals surface area contributed by atoms with Crippen LogP contribution in [0, 0.1) is 18.2 Å². The highest BCUT2D eigenvalue weighted by Gasteiger charge is 2.42. The number of terminal acetylenes is 1. The molecule has 6 atom stereocenters. The second-order valence-electron chi connectivity index (χ2n) is 16.5. The molecule has 3 unspecified atom stereocenters. The van der Waals surface area contributed by atoms with Crippen LogP contribution in [0.5, 0.6) is 23.4 Å². The number of anilines is 1. The molecule has 0 bridgehead atoms. The Morgan fingerprint density at radius 2 is 1.93 bits per heavy atom.